The number of nitrogens with zero attached hydrogens (tertiary/aromatic N) is 1. The molecule has 1 aliphatic heterocycles. The first-order chi connectivity index (χ1) is 8.78. The minimum atomic E-state index is 0.282. The number of ether oxygens (including phenoxy) is 2. The molecule has 0 unspecified atom stereocenters. The lowest BCUT2D eigenvalue weighted by atomic mass is 10.1. The van der Waals surface area contributed by atoms with Gasteiger partial charge in [-0.2, -0.15) is 0 Å². The normalized spacial score (nSPS) is 32.7. The molecule has 2 fully saturated rings. The number of hydrogen-bond acceptors (Lipinski definition) is 4. The predicted octanol–water partition coefficient (Wildman–Crippen LogP) is 2.43. The SMILES string of the molecule is CO[C@@H]1CC[C@H]2[C@H]1OCCN2Cc1ccc(C)s1. The summed E-state index contributed by atoms with van der Waals surface area (Å²) in [6.45, 7) is 5.13. The van der Waals surface area contributed by atoms with Gasteiger partial charge in [0, 0.05) is 36.0 Å². The summed E-state index contributed by atoms with van der Waals surface area (Å²) in [5, 5.41) is 0. The van der Waals surface area contributed by atoms with Crippen LogP contribution in [0.1, 0.15) is 22.6 Å². The van der Waals surface area contributed by atoms with Crippen LogP contribution in [0.15, 0.2) is 12.1 Å². The molecule has 3 atom stereocenters. The molecule has 4 heteroatoms. The fourth-order valence-corrected chi connectivity index (χ4v) is 4.13. The monoisotopic (exact) mass is 267 g/mol. The minimum Gasteiger partial charge on any atom is -0.379 e. The van der Waals surface area contributed by atoms with Crippen LogP contribution in [0, 0.1) is 6.92 Å². The summed E-state index contributed by atoms with van der Waals surface area (Å²) in [6.07, 6.45) is 2.91. The first kappa shape index (κ1) is 12.6. The van der Waals surface area contributed by atoms with Gasteiger partial charge in [-0.05, 0) is 31.9 Å². The maximum Gasteiger partial charge on any atom is 0.0991 e. The van der Waals surface area contributed by atoms with Gasteiger partial charge in [0.15, 0.2) is 0 Å². The number of hydrogen-bond donors (Lipinski definition) is 0. The molecule has 1 aromatic heterocycles. The zero-order valence-electron chi connectivity index (χ0n) is 11.1. The Morgan fingerprint density at radius 1 is 1.44 bits per heavy atom. The molecular weight excluding hydrogens is 246 g/mol. The van der Waals surface area contributed by atoms with Crippen molar-refractivity contribution in [2.24, 2.45) is 0 Å². The summed E-state index contributed by atoms with van der Waals surface area (Å²) in [4.78, 5) is 5.45. The van der Waals surface area contributed by atoms with E-state index in [-0.39, 0.29) is 6.10 Å². The van der Waals surface area contributed by atoms with Crippen LogP contribution in [0.3, 0.4) is 0 Å². The average molecular weight is 267 g/mol. The van der Waals surface area contributed by atoms with Gasteiger partial charge in [-0.25, -0.2) is 0 Å². The van der Waals surface area contributed by atoms with E-state index in [1.54, 1.807) is 7.11 Å². The van der Waals surface area contributed by atoms with Crippen molar-refractivity contribution in [3.63, 3.8) is 0 Å². The topological polar surface area (TPSA) is 21.7 Å². The van der Waals surface area contributed by atoms with Crippen LogP contribution in [0.25, 0.3) is 0 Å². The zero-order chi connectivity index (χ0) is 12.5. The third-order valence-corrected chi connectivity index (χ3v) is 5.09. The van der Waals surface area contributed by atoms with Crippen LogP contribution in [0.4, 0.5) is 0 Å². The molecular formula is C14H21NO2S. The number of thiophene rings is 1. The van der Waals surface area contributed by atoms with Crippen molar-refractivity contribution < 1.29 is 9.47 Å². The Kier molecular flexibility index (Phi) is 3.71. The van der Waals surface area contributed by atoms with Crippen LogP contribution in [-0.2, 0) is 16.0 Å². The minimum absolute atomic E-state index is 0.282. The molecule has 0 spiro atoms. The van der Waals surface area contributed by atoms with Gasteiger partial charge >= 0.3 is 0 Å². The summed E-state index contributed by atoms with van der Waals surface area (Å²) in [6, 6.07) is 5.02. The molecule has 2 aliphatic rings. The van der Waals surface area contributed by atoms with Crippen molar-refractivity contribution in [3.8, 4) is 0 Å². The maximum absolute atomic E-state index is 5.92. The van der Waals surface area contributed by atoms with Crippen molar-refractivity contribution in [2.45, 2.75) is 44.6 Å². The van der Waals surface area contributed by atoms with Gasteiger partial charge in [0.05, 0.1) is 18.8 Å². The molecule has 2 heterocycles. The van der Waals surface area contributed by atoms with Gasteiger partial charge in [-0.1, -0.05) is 0 Å². The molecule has 0 radical (unpaired) electrons. The summed E-state index contributed by atoms with van der Waals surface area (Å²) in [5.74, 6) is 0. The van der Waals surface area contributed by atoms with Crippen LogP contribution >= 0.6 is 11.3 Å². The highest BCUT2D eigenvalue weighted by Gasteiger charge is 2.42. The molecule has 1 saturated carbocycles. The van der Waals surface area contributed by atoms with Crippen LogP contribution < -0.4 is 0 Å². The van der Waals surface area contributed by atoms with E-state index in [0.29, 0.717) is 12.1 Å². The lowest BCUT2D eigenvalue weighted by Gasteiger charge is -2.38. The Labute approximate surface area is 113 Å². The third-order valence-electron chi connectivity index (χ3n) is 4.11. The molecule has 0 aromatic carbocycles. The smallest absolute Gasteiger partial charge is 0.0991 e. The zero-order valence-corrected chi connectivity index (χ0v) is 11.9. The molecule has 18 heavy (non-hydrogen) atoms. The van der Waals surface area contributed by atoms with Crippen molar-refractivity contribution in [3.05, 3.63) is 21.9 Å². The lowest BCUT2D eigenvalue weighted by molar-refractivity contribution is -0.106. The van der Waals surface area contributed by atoms with Crippen LogP contribution in [0.5, 0.6) is 0 Å². The quantitative estimate of drug-likeness (QED) is 0.839. The van der Waals surface area contributed by atoms with Gasteiger partial charge in [-0.3, -0.25) is 4.90 Å². The molecule has 0 bridgehead atoms. The highest BCUT2D eigenvalue weighted by atomic mass is 32.1. The Balaban J connectivity index is 1.69. The fourth-order valence-electron chi connectivity index (χ4n) is 3.21. The van der Waals surface area contributed by atoms with Crippen molar-refractivity contribution in [1.82, 2.24) is 4.90 Å². The number of methoxy groups -OCH3 is 1. The number of rotatable bonds is 3. The highest BCUT2D eigenvalue weighted by molar-refractivity contribution is 7.11. The Bertz CT molecular complexity index is 406. The molecule has 1 aromatic rings. The van der Waals surface area contributed by atoms with Crippen molar-refractivity contribution in [1.29, 1.82) is 0 Å². The first-order valence-corrected chi connectivity index (χ1v) is 7.53. The molecule has 100 valence electrons. The Morgan fingerprint density at radius 2 is 2.33 bits per heavy atom. The molecule has 0 amide bonds. The summed E-state index contributed by atoms with van der Waals surface area (Å²) >= 11 is 1.91. The second-order valence-electron chi connectivity index (χ2n) is 5.24. The number of fused-ring (bicyclic) bond motifs is 1. The van der Waals surface area contributed by atoms with Gasteiger partial charge in [0.1, 0.15) is 0 Å². The second kappa shape index (κ2) is 5.29. The standard InChI is InChI=1S/C14H21NO2S/c1-10-3-4-11(18-10)9-15-7-8-17-14-12(15)5-6-13(14)16-2/h3-4,12-14H,5-9H2,1-2H3/t12-,13+,14+/m0/s1. The largest absolute Gasteiger partial charge is 0.379 e. The molecule has 1 aliphatic carbocycles. The van der Waals surface area contributed by atoms with Crippen molar-refractivity contribution in [2.75, 3.05) is 20.3 Å². The van der Waals surface area contributed by atoms with E-state index in [9.17, 15) is 0 Å². The van der Waals surface area contributed by atoms with Crippen LogP contribution in [0.2, 0.25) is 0 Å². The van der Waals surface area contributed by atoms with E-state index in [2.05, 4.69) is 24.0 Å². The number of aryl methyl sites for hydroxylation is 1. The van der Waals surface area contributed by atoms with E-state index >= 15 is 0 Å². The van der Waals surface area contributed by atoms with Crippen molar-refractivity contribution >= 4 is 11.3 Å². The maximum atomic E-state index is 5.92. The summed E-state index contributed by atoms with van der Waals surface area (Å²) < 4.78 is 11.4. The molecule has 0 N–H and O–H groups in total. The van der Waals surface area contributed by atoms with Gasteiger partial charge in [-0.15, -0.1) is 11.3 Å². The number of morpholine rings is 1. The van der Waals surface area contributed by atoms with E-state index in [0.717, 1.165) is 26.1 Å². The fraction of sp³-hybridized carbons (Fsp3) is 0.714. The van der Waals surface area contributed by atoms with E-state index in [1.165, 1.54) is 16.2 Å². The average Bonchev–Trinajstić information content (AvgIpc) is 2.96. The van der Waals surface area contributed by atoms with Gasteiger partial charge in [0.2, 0.25) is 0 Å². The Hall–Kier alpha value is -0.420. The van der Waals surface area contributed by atoms with Gasteiger partial charge < -0.3 is 9.47 Å². The van der Waals surface area contributed by atoms with E-state index in [4.69, 9.17) is 9.47 Å². The molecule has 1 saturated heterocycles. The second-order valence-corrected chi connectivity index (χ2v) is 6.61. The van der Waals surface area contributed by atoms with Gasteiger partial charge in [0.25, 0.3) is 0 Å². The molecule has 3 rings (SSSR count). The highest BCUT2D eigenvalue weighted by Crippen LogP contribution is 2.33. The van der Waals surface area contributed by atoms with Crippen LogP contribution in [-0.4, -0.2) is 43.4 Å². The molecule has 3 nitrogen and oxygen atoms in total. The Morgan fingerprint density at radius 3 is 3.06 bits per heavy atom. The third kappa shape index (κ3) is 2.35. The lowest BCUT2D eigenvalue weighted by Crippen LogP contribution is -2.50. The van der Waals surface area contributed by atoms with E-state index < -0.39 is 0 Å². The summed E-state index contributed by atoms with van der Waals surface area (Å²) in [7, 11) is 1.80. The summed E-state index contributed by atoms with van der Waals surface area (Å²) in [5.41, 5.74) is 0. The predicted molar refractivity (Wildman–Crippen MR) is 73.0 cm³/mol. The van der Waals surface area contributed by atoms with E-state index in [1.807, 2.05) is 11.3 Å². The first-order valence-electron chi connectivity index (χ1n) is 6.71.